The van der Waals surface area contributed by atoms with E-state index >= 15 is 0 Å². The van der Waals surface area contributed by atoms with Gasteiger partial charge in [0.25, 0.3) is 0 Å². The van der Waals surface area contributed by atoms with E-state index in [2.05, 4.69) is 47.3 Å². The molecule has 0 amide bonds. The van der Waals surface area contributed by atoms with Crippen LogP contribution >= 0.6 is 23.1 Å². The fraction of sp³-hybridized carbons (Fsp3) is 0.381. The number of fused-ring (bicyclic) bond motifs is 3. The number of benzene rings is 1. The van der Waals surface area contributed by atoms with Crippen molar-refractivity contribution in [3.63, 3.8) is 0 Å². The first-order valence-electron chi connectivity index (χ1n) is 10.1. The van der Waals surface area contributed by atoms with Gasteiger partial charge in [-0.25, -0.2) is 9.97 Å². The summed E-state index contributed by atoms with van der Waals surface area (Å²) in [4.78, 5) is 11.9. The van der Waals surface area contributed by atoms with E-state index < -0.39 is 0 Å². The summed E-state index contributed by atoms with van der Waals surface area (Å²) in [6, 6.07) is 6.13. The lowest BCUT2D eigenvalue weighted by atomic mass is 9.89. The highest BCUT2D eigenvalue weighted by Crippen LogP contribution is 2.39. The maximum absolute atomic E-state index is 6.37. The molecule has 1 aliphatic carbocycles. The minimum atomic E-state index is 0.560. The molecule has 1 aliphatic rings. The molecule has 2 N–H and O–H groups in total. The number of rotatable bonds is 4. The largest absolute Gasteiger partial charge is 0.383 e. The van der Waals surface area contributed by atoms with E-state index in [9.17, 15) is 0 Å². The van der Waals surface area contributed by atoms with Gasteiger partial charge in [0, 0.05) is 4.88 Å². The van der Waals surface area contributed by atoms with Gasteiger partial charge < -0.3 is 5.73 Å². The van der Waals surface area contributed by atoms with Gasteiger partial charge in [0.05, 0.1) is 16.8 Å². The van der Waals surface area contributed by atoms with Gasteiger partial charge in [-0.05, 0) is 72.2 Å². The molecule has 3 heterocycles. The van der Waals surface area contributed by atoms with Crippen LogP contribution in [0.15, 0.2) is 23.4 Å². The van der Waals surface area contributed by atoms with Crippen LogP contribution in [0.2, 0.25) is 0 Å². The van der Waals surface area contributed by atoms with Crippen LogP contribution in [0, 0.1) is 19.8 Å². The van der Waals surface area contributed by atoms with Crippen molar-refractivity contribution in [3.05, 3.63) is 45.6 Å². The summed E-state index contributed by atoms with van der Waals surface area (Å²) >= 11 is 3.29. The molecule has 9 heteroatoms. The molecule has 0 fully saturated rings. The Balaban J connectivity index is 1.43. The third-order valence-corrected chi connectivity index (χ3v) is 7.87. The zero-order valence-electron chi connectivity index (χ0n) is 17.2. The summed E-state index contributed by atoms with van der Waals surface area (Å²) in [6.45, 7) is 6.48. The van der Waals surface area contributed by atoms with Crippen molar-refractivity contribution in [2.75, 3.05) is 5.73 Å². The lowest BCUT2D eigenvalue weighted by Gasteiger charge is -2.17. The number of hydrogen-bond donors (Lipinski definition) is 1. The van der Waals surface area contributed by atoms with Gasteiger partial charge in [-0.15, -0.1) is 16.4 Å². The van der Waals surface area contributed by atoms with Crippen LogP contribution in [0.5, 0.6) is 0 Å². The molecule has 0 aliphatic heterocycles. The van der Waals surface area contributed by atoms with Gasteiger partial charge >= 0.3 is 0 Å². The van der Waals surface area contributed by atoms with Gasteiger partial charge in [-0.2, -0.15) is 4.68 Å². The number of aromatic nitrogens is 6. The van der Waals surface area contributed by atoms with Crippen LogP contribution in [0.1, 0.15) is 40.7 Å². The number of tetrazole rings is 1. The monoisotopic (exact) mass is 437 g/mol. The minimum absolute atomic E-state index is 0.560. The number of nitrogen functional groups attached to an aromatic ring is 1. The molecule has 0 bridgehead atoms. The summed E-state index contributed by atoms with van der Waals surface area (Å²) < 4.78 is 1.78. The van der Waals surface area contributed by atoms with Crippen LogP contribution in [-0.4, -0.2) is 30.2 Å². The lowest BCUT2D eigenvalue weighted by Crippen LogP contribution is -2.09. The van der Waals surface area contributed by atoms with E-state index in [1.54, 1.807) is 16.0 Å². The molecule has 3 aromatic heterocycles. The zero-order chi connectivity index (χ0) is 20.8. The Hall–Kier alpha value is -2.52. The molecular weight excluding hydrogens is 414 g/mol. The molecule has 0 radical (unpaired) electrons. The normalized spacial score (nSPS) is 16.2. The highest BCUT2D eigenvalue weighted by Gasteiger charge is 2.23. The fourth-order valence-electron chi connectivity index (χ4n) is 4.00. The van der Waals surface area contributed by atoms with Crippen molar-refractivity contribution in [2.24, 2.45) is 5.92 Å². The Morgan fingerprint density at radius 1 is 1.27 bits per heavy atom. The Kier molecular flexibility index (Phi) is 4.94. The Morgan fingerprint density at radius 3 is 3.00 bits per heavy atom. The van der Waals surface area contributed by atoms with Crippen molar-refractivity contribution >= 4 is 39.1 Å². The van der Waals surface area contributed by atoms with Gasteiger partial charge in [0.15, 0.2) is 0 Å². The highest BCUT2D eigenvalue weighted by atomic mass is 32.2. The number of aryl methyl sites for hydroxylation is 2. The maximum Gasteiger partial charge on any atom is 0.214 e. The van der Waals surface area contributed by atoms with Crippen LogP contribution in [0.25, 0.3) is 15.9 Å². The summed E-state index contributed by atoms with van der Waals surface area (Å²) in [5, 5.41) is 14.1. The molecule has 1 aromatic carbocycles. The van der Waals surface area contributed by atoms with E-state index in [0.717, 1.165) is 40.2 Å². The number of nitrogens with two attached hydrogens (primary N) is 1. The maximum atomic E-state index is 6.37. The van der Waals surface area contributed by atoms with E-state index in [-0.39, 0.29) is 0 Å². The lowest BCUT2D eigenvalue weighted by molar-refractivity contribution is 0.509. The smallest absolute Gasteiger partial charge is 0.214 e. The van der Waals surface area contributed by atoms with Crippen molar-refractivity contribution in [1.29, 1.82) is 0 Å². The SMILES string of the molecule is Cc1cccc(-n2nnnc2SCc2nc(N)c3c4c(sc3n2)CC(C)CC4)c1C. The quantitative estimate of drug-likeness (QED) is 0.476. The molecule has 30 heavy (non-hydrogen) atoms. The standard InChI is InChI=1S/C21H23N7S2/c1-11-7-8-14-16(9-11)30-20-18(14)19(22)23-17(24-20)10-29-21-25-26-27-28(21)15-6-4-5-12(2)13(15)3/h4-6,11H,7-10H2,1-3H3,(H2,22,23,24). The molecule has 7 nitrogen and oxygen atoms in total. The van der Waals surface area contributed by atoms with E-state index in [4.69, 9.17) is 10.7 Å². The first-order chi connectivity index (χ1) is 14.5. The summed E-state index contributed by atoms with van der Waals surface area (Å²) in [5.74, 6) is 2.59. The van der Waals surface area contributed by atoms with Crippen LogP contribution in [-0.2, 0) is 18.6 Å². The highest BCUT2D eigenvalue weighted by molar-refractivity contribution is 7.98. The van der Waals surface area contributed by atoms with Crippen LogP contribution in [0.4, 0.5) is 5.82 Å². The second-order valence-electron chi connectivity index (χ2n) is 7.94. The second-order valence-corrected chi connectivity index (χ2v) is 9.96. The average Bonchev–Trinajstić information content (AvgIpc) is 3.32. The van der Waals surface area contributed by atoms with E-state index in [1.165, 1.54) is 34.2 Å². The number of nitrogens with zero attached hydrogens (tertiary/aromatic N) is 6. The topological polar surface area (TPSA) is 95.4 Å². The number of anilines is 1. The molecule has 5 rings (SSSR count). The molecule has 154 valence electrons. The molecule has 1 unspecified atom stereocenters. The Labute approximate surface area is 183 Å². The predicted molar refractivity (Wildman–Crippen MR) is 121 cm³/mol. The second kappa shape index (κ2) is 7.63. The summed E-state index contributed by atoms with van der Waals surface area (Å²) in [7, 11) is 0. The Bertz CT molecular complexity index is 1240. The van der Waals surface area contributed by atoms with Crippen molar-refractivity contribution < 1.29 is 0 Å². The third kappa shape index (κ3) is 3.35. The van der Waals surface area contributed by atoms with Crippen LogP contribution in [0.3, 0.4) is 0 Å². The molecule has 0 saturated heterocycles. The zero-order valence-corrected chi connectivity index (χ0v) is 18.8. The van der Waals surface area contributed by atoms with Gasteiger partial charge in [0.1, 0.15) is 16.5 Å². The summed E-state index contributed by atoms with van der Waals surface area (Å²) in [5.41, 5.74) is 11.1. The van der Waals surface area contributed by atoms with Gasteiger partial charge in [-0.1, -0.05) is 30.8 Å². The minimum Gasteiger partial charge on any atom is -0.383 e. The van der Waals surface area contributed by atoms with E-state index in [0.29, 0.717) is 22.6 Å². The first kappa shape index (κ1) is 19.4. The first-order valence-corrected chi connectivity index (χ1v) is 11.9. The molecule has 4 aromatic rings. The average molecular weight is 438 g/mol. The van der Waals surface area contributed by atoms with Gasteiger partial charge in [-0.3, -0.25) is 0 Å². The Morgan fingerprint density at radius 2 is 2.13 bits per heavy atom. The molecule has 0 saturated carbocycles. The molecule has 1 atom stereocenters. The van der Waals surface area contributed by atoms with Crippen LogP contribution < -0.4 is 5.73 Å². The molecular formula is C21H23N7S2. The number of hydrogen-bond acceptors (Lipinski definition) is 8. The third-order valence-electron chi connectivity index (χ3n) is 5.80. The van der Waals surface area contributed by atoms with Crippen molar-refractivity contribution in [3.8, 4) is 5.69 Å². The molecule has 0 spiro atoms. The van der Waals surface area contributed by atoms with Gasteiger partial charge in [0.2, 0.25) is 5.16 Å². The number of thiophene rings is 1. The van der Waals surface area contributed by atoms with Crippen molar-refractivity contribution in [2.45, 2.75) is 50.9 Å². The predicted octanol–water partition coefficient (Wildman–Crippen LogP) is 4.28. The number of thioether (sulfide) groups is 1. The fourth-order valence-corrected chi connectivity index (χ4v) is 6.14. The van der Waals surface area contributed by atoms with Crippen molar-refractivity contribution in [1.82, 2.24) is 30.2 Å². The summed E-state index contributed by atoms with van der Waals surface area (Å²) in [6.07, 6.45) is 3.39. The van der Waals surface area contributed by atoms with E-state index in [1.807, 2.05) is 12.1 Å².